The fourth-order valence-electron chi connectivity index (χ4n) is 3.56. The quantitative estimate of drug-likeness (QED) is 0.117. The van der Waals surface area contributed by atoms with Gasteiger partial charge >= 0.3 is 11.9 Å². The van der Waals surface area contributed by atoms with Crippen LogP contribution in [0.3, 0.4) is 0 Å². The van der Waals surface area contributed by atoms with E-state index < -0.39 is 5.97 Å². The van der Waals surface area contributed by atoms with Gasteiger partial charge in [-0.15, -0.1) is 11.6 Å². The molecule has 1 unspecified atom stereocenters. The van der Waals surface area contributed by atoms with Crippen molar-refractivity contribution in [3.05, 3.63) is 35.4 Å². The van der Waals surface area contributed by atoms with Crippen LogP contribution in [-0.4, -0.2) is 30.5 Å². The van der Waals surface area contributed by atoms with E-state index in [1.165, 1.54) is 77.0 Å². The highest BCUT2D eigenvalue weighted by molar-refractivity contribution is 6.20. The molecule has 1 rings (SSSR count). The van der Waals surface area contributed by atoms with Crippen molar-refractivity contribution in [3.63, 3.8) is 0 Å². The smallest absolute Gasteiger partial charge is 0.338 e. The Kier molecular flexibility index (Phi) is 16.9. The van der Waals surface area contributed by atoms with Crippen LogP contribution in [-0.2, 0) is 9.47 Å². The lowest BCUT2D eigenvalue weighted by Crippen LogP contribution is -2.12. The molecule has 0 spiro atoms. The molecule has 0 saturated carbocycles. The molecule has 0 N–H and O–H groups in total. The number of carbonyl (C=O) groups is 2. The summed E-state index contributed by atoms with van der Waals surface area (Å²) in [5.41, 5.74) is 0.837. The molecule has 1 aromatic carbocycles. The summed E-state index contributed by atoms with van der Waals surface area (Å²) in [6.07, 6.45) is 18.2. The zero-order valence-corrected chi connectivity index (χ0v) is 21.0. The fraction of sp³-hybridized carbons (Fsp3) is 0.704. The van der Waals surface area contributed by atoms with Gasteiger partial charge in [0.05, 0.1) is 23.1 Å². The summed E-state index contributed by atoms with van der Waals surface area (Å²) in [5.74, 6) is -0.797. The molecular weight excluding hydrogens is 424 g/mol. The van der Waals surface area contributed by atoms with E-state index in [1.807, 2.05) is 0 Å². The van der Waals surface area contributed by atoms with Crippen LogP contribution in [0.1, 0.15) is 124 Å². The molecule has 0 bridgehead atoms. The van der Waals surface area contributed by atoms with Gasteiger partial charge in [-0.25, -0.2) is 9.59 Å². The van der Waals surface area contributed by atoms with Gasteiger partial charge in [-0.2, -0.15) is 0 Å². The van der Waals surface area contributed by atoms with Crippen LogP contribution in [0.2, 0.25) is 0 Å². The lowest BCUT2D eigenvalue weighted by Gasteiger charge is -2.07. The van der Waals surface area contributed by atoms with Gasteiger partial charge in [-0.3, -0.25) is 0 Å². The summed E-state index contributed by atoms with van der Waals surface area (Å²) < 4.78 is 10.4. The topological polar surface area (TPSA) is 52.6 Å². The molecule has 1 atom stereocenters. The highest BCUT2D eigenvalue weighted by Crippen LogP contribution is 2.13. The van der Waals surface area contributed by atoms with Crippen LogP contribution >= 0.6 is 11.6 Å². The Bertz CT molecular complexity index is 613. The first-order chi connectivity index (χ1) is 15.5. The third kappa shape index (κ3) is 14.5. The maximum absolute atomic E-state index is 12.1. The second-order valence-corrected chi connectivity index (χ2v) is 9.43. The van der Waals surface area contributed by atoms with Crippen molar-refractivity contribution in [2.45, 2.75) is 109 Å². The van der Waals surface area contributed by atoms with Crippen LogP contribution in [0.4, 0.5) is 0 Å². The number of benzene rings is 1. The molecule has 1 aromatic rings. The minimum absolute atomic E-state index is 0.156. The van der Waals surface area contributed by atoms with Crippen LogP contribution < -0.4 is 0 Å². The number of carbonyl (C=O) groups excluding carboxylic acids is 2. The molecule has 4 nitrogen and oxygen atoms in total. The molecule has 0 radical (unpaired) electrons. The monoisotopic (exact) mass is 466 g/mol. The van der Waals surface area contributed by atoms with E-state index in [0.717, 1.165) is 12.8 Å². The summed E-state index contributed by atoms with van der Waals surface area (Å²) in [5, 5.41) is -0.233. The first-order valence-electron chi connectivity index (χ1n) is 12.6. The number of ether oxygens (including phenoxy) is 2. The predicted octanol–water partition coefficient (Wildman–Crippen LogP) is 8.11. The van der Waals surface area contributed by atoms with Crippen molar-refractivity contribution in [1.82, 2.24) is 0 Å². The van der Waals surface area contributed by atoms with Gasteiger partial charge in [0.1, 0.15) is 6.61 Å². The standard InChI is InChI=1S/C27H43ClO4/c1-3-4-5-6-7-8-9-10-11-12-13-14-15-16-21-31-26(29)24-17-19-25(20-18-24)27(30)32-22-23(2)28/h17-20,23H,3-16,21-22H2,1-2H3. The van der Waals surface area contributed by atoms with Crippen LogP contribution in [0.15, 0.2) is 24.3 Å². The van der Waals surface area contributed by atoms with Crippen molar-refractivity contribution < 1.29 is 19.1 Å². The normalized spacial score (nSPS) is 11.8. The van der Waals surface area contributed by atoms with Crippen molar-refractivity contribution >= 4 is 23.5 Å². The van der Waals surface area contributed by atoms with Gasteiger partial charge < -0.3 is 9.47 Å². The van der Waals surface area contributed by atoms with Crippen LogP contribution in [0.5, 0.6) is 0 Å². The zero-order valence-electron chi connectivity index (χ0n) is 20.2. The molecule has 0 aromatic heterocycles. The Morgan fingerprint density at radius 3 is 1.47 bits per heavy atom. The minimum Gasteiger partial charge on any atom is -0.462 e. The van der Waals surface area contributed by atoms with E-state index >= 15 is 0 Å². The summed E-state index contributed by atoms with van der Waals surface area (Å²) in [6, 6.07) is 6.33. The van der Waals surface area contributed by atoms with Gasteiger partial charge in [0.25, 0.3) is 0 Å². The van der Waals surface area contributed by atoms with Gasteiger partial charge in [-0.1, -0.05) is 90.4 Å². The lowest BCUT2D eigenvalue weighted by atomic mass is 10.0. The second kappa shape index (κ2) is 19.0. The Morgan fingerprint density at radius 1 is 0.688 bits per heavy atom. The Hall–Kier alpha value is -1.55. The van der Waals surface area contributed by atoms with E-state index in [1.54, 1.807) is 31.2 Å². The number of hydrogen-bond donors (Lipinski definition) is 0. The lowest BCUT2D eigenvalue weighted by molar-refractivity contribution is 0.0487. The van der Waals surface area contributed by atoms with Gasteiger partial charge in [-0.05, 0) is 37.6 Å². The van der Waals surface area contributed by atoms with E-state index in [9.17, 15) is 9.59 Å². The van der Waals surface area contributed by atoms with Crippen molar-refractivity contribution in [1.29, 1.82) is 0 Å². The van der Waals surface area contributed by atoms with E-state index in [4.69, 9.17) is 21.1 Å². The number of esters is 2. The number of alkyl halides is 1. The Labute approximate surface area is 200 Å². The van der Waals surface area contributed by atoms with Crippen LogP contribution in [0.25, 0.3) is 0 Å². The summed E-state index contributed by atoms with van der Waals surface area (Å²) in [6.45, 7) is 4.61. The van der Waals surface area contributed by atoms with Crippen molar-refractivity contribution in [2.24, 2.45) is 0 Å². The maximum atomic E-state index is 12.1. The summed E-state index contributed by atoms with van der Waals surface area (Å²) in [7, 11) is 0. The SMILES string of the molecule is CCCCCCCCCCCCCCCCOC(=O)c1ccc(C(=O)OCC(C)Cl)cc1. The molecule has 0 heterocycles. The molecule has 0 aliphatic rings. The Morgan fingerprint density at radius 2 is 1.06 bits per heavy atom. The van der Waals surface area contributed by atoms with E-state index in [2.05, 4.69) is 6.92 Å². The summed E-state index contributed by atoms with van der Waals surface area (Å²) in [4.78, 5) is 24.0. The zero-order chi connectivity index (χ0) is 23.4. The molecule has 0 aliphatic carbocycles. The largest absolute Gasteiger partial charge is 0.462 e. The maximum Gasteiger partial charge on any atom is 0.338 e. The number of unbranched alkanes of at least 4 members (excludes halogenated alkanes) is 13. The van der Waals surface area contributed by atoms with E-state index in [-0.39, 0.29) is 18.0 Å². The van der Waals surface area contributed by atoms with Crippen molar-refractivity contribution in [3.8, 4) is 0 Å². The Balaban J connectivity index is 2.00. The average Bonchev–Trinajstić information content (AvgIpc) is 2.80. The predicted molar refractivity (Wildman–Crippen MR) is 133 cm³/mol. The van der Waals surface area contributed by atoms with Gasteiger partial charge in [0.2, 0.25) is 0 Å². The molecular formula is C27H43ClO4. The summed E-state index contributed by atoms with van der Waals surface area (Å²) >= 11 is 5.77. The number of hydrogen-bond acceptors (Lipinski definition) is 4. The van der Waals surface area contributed by atoms with Crippen molar-refractivity contribution in [2.75, 3.05) is 13.2 Å². The highest BCUT2D eigenvalue weighted by Gasteiger charge is 2.11. The minimum atomic E-state index is -0.445. The fourth-order valence-corrected chi connectivity index (χ4v) is 3.62. The first kappa shape index (κ1) is 28.5. The molecule has 0 saturated heterocycles. The molecule has 0 aliphatic heterocycles. The molecule has 182 valence electrons. The first-order valence-corrected chi connectivity index (χ1v) is 13.1. The highest BCUT2D eigenvalue weighted by atomic mass is 35.5. The molecule has 5 heteroatoms. The third-order valence-electron chi connectivity index (χ3n) is 5.53. The molecule has 0 fully saturated rings. The van der Waals surface area contributed by atoms with Gasteiger partial charge in [0, 0.05) is 0 Å². The average molecular weight is 467 g/mol. The third-order valence-corrected chi connectivity index (χ3v) is 5.66. The van der Waals surface area contributed by atoms with E-state index in [0.29, 0.717) is 17.7 Å². The number of halogens is 1. The van der Waals surface area contributed by atoms with Gasteiger partial charge in [0.15, 0.2) is 0 Å². The second-order valence-electron chi connectivity index (χ2n) is 8.69. The molecule has 32 heavy (non-hydrogen) atoms. The number of rotatable bonds is 19. The van der Waals surface area contributed by atoms with Crippen LogP contribution in [0, 0.1) is 0 Å². The molecule has 0 amide bonds.